The first-order valence-electron chi connectivity index (χ1n) is 7.88. The van der Waals surface area contributed by atoms with E-state index in [9.17, 15) is 17.7 Å². The lowest BCUT2D eigenvalue weighted by Gasteiger charge is -2.18. The van der Waals surface area contributed by atoms with Crippen LogP contribution in [0.25, 0.3) is 0 Å². The van der Waals surface area contributed by atoms with Crippen LogP contribution in [0.15, 0.2) is 10.6 Å². The van der Waals surface area contributed by atoms with Gasteiger partial charge in [-0.05, 0) is 26.8 Å². The van der Waals surface area contributed by atoms with E-state index in [1.54, 1.807) is 20.8 Å². The summed E-state index contributed by atoms with van der Waals surface area (Å²) >= 11 is -1.58. The van der Waals surface area contributed by atoms with Crippen molar-refractivity contribution in [2.45, 2.75) is 64.1 Å². The number of imidazole rings is 1. The van der Waals surface area contributed by atoms with Gasteiger partial charge < -0.3 is 9.29 Å². The first-order valence-corrected chi connectivity index (χ1v) is 12.7. The molecule has 1 heterocycles. The van der Waals surface area contributed by atoms with Gasteiger partial charge in [-0.15, -0.1) is 0 Å². The monoisotopic (exact) mass is 397 g/mol. The summed E-state index contributed by atoms with van der Waals surface area (Å²) in [5.74, 6) is -0.0297. The molecular formula is C15H26F3N3O2SSi. The minimum absolute atomic E-state index is 0.0297. The molecule has 0 radical (unpaired) electrons. The van der Waals surface area contributed by atoms with E-state index in [4.69, 9.17) is 4.74 Å². The molecule has 0 aliphatic carbocycles. The molecule has 0 aliphatic heterocycles. The second kappa shape index (κ2) is 8.23. The van der Waals surface area contributed by atoms with Crippen LogP contribution in [0, 0.1) is 0 Å². The third-order valence-corrected chi connectivity index (χ3v) is 6.23. The summed E-state index contributed by atoms with van der Waals surface area (Å²) in [5.41, 5.74) is -0.913. The zero-order valence-corrected chi connectivity index (χ0v) is 17.3. The zero-order valence-electron chi connectivity index (χ0n) is 15.5. The number of rotatable bonds is 7. The van der Waals surface area contributed by atoms with Crippen LogP contribution >= 0.6 is 0 Å². The second-order valence-electron chi connectivity index (χ2n) is 7.87. The number of hydrogen-bond acceptors (Lipinski definition) is 4. The van der Waals surface area contributed by atoms with Crippen molar-refractivity contribution in [3.05, 3.63) is 17.7 Å². The van der Waals surface area contributed by atoms with Gasteiger partial charge in [0.2, 0.25) is 0 Å². The molecule has 5 nitrogen and oxygen atoms in total. The van der Waals surface area contributed by atoms with Crippen LogP contribution in [0.4, 0.5) is 13.2 Å². The van der Waals surface area contributed by atoms with Gasteiger partial charge in [0.15, 0.2) is 5.82 Å². The predicted molar refractivity (Wildman–Crippen MR) is 96.8 cm³/mol. The number of halogens is 3. The molecule has 1 unspecified atom stereocenters. The molecule has 0 aliphatic rings. The van der Waals surface area contributed by atoms with Gasteiger partial charge in [-0.3, -0.25) is 4.57 Å². The van der Waals surface area contributed by atoms with Crippen LogP contribution in [0.1, 0.15) is 32.3 Å². The lowest BCUT2D eigenvalue weighted by Crippen LogP contribution is -2.26. The molecule has 0 amide bonds. The van der Waals surface area contributed by atoms with E-state index in [0.29, 0.717) is 6.61 Å². The zero-order chi connectivity index (χ0) is 19.5. The third kappa shape index (κ3) is 7.51. The van der Waals surface area contributed by atoms with E-state index >= 15 is 0 Å². The van der Waals surface area contributed by atoms with Gasteiger partial charge >= 0.3 is 6.18 Å². The average molecular weight is 398 g/mol. The SMILES string of the molecule is CC(C)(C)[S+]([O-])/N=C/c1ncc(C(F)(F)F)n1COCC[Si](C)(C)C. The number of ether oxygens (including phenoxy) is 1. The van der Waals surface area contributed by atoms with E-state index < -0.39 is 36.1 Å². The fraction of sp³-hybridized carbons (Fsp3) is 0.733. The molecule has 0 spiro atoms. The fourth-order valence-corrected chi connectivity index (χ4v) is 2.91. The van der Waals surface area contributed by atoms with Gasteiger partial charge in [-0.1, -0.05) is 24.0 Å². The Morgan fingerprint density at radius 2 is 1.92 bits per heavy atom. The topological polar surface area (TPSA) is 62.5 Å². The maximum Gasteiger partial charge on any atom is 0.433 e. The van der Waals surface area contributed by atoms with Crippen molar-refractivity contribution in [1.82, 2.24) is 9.55 Å². The number of aromatic nitrogens is 2. The molecular weight excluding hydrogens is 371 g/mol. The molecule has 0 aromatic carbocycles. The van der Waals surface area contributed by atoms with Crippen molar-refractivity contribution in [3.8, 4) is 0 Å². The number of hydrogen-bond donors (Lipinski definition) is 0. The largest absolute Gasteiger partial charge is 0.591 e. The van der Waals surface area contributed by atoms with Crippen molar-refractivity contribution < 1.29 is 22.5 Å². The first-order chi connectivity index (χ1) is 11.2. The third-order valence-electron chi connectivity index (χ3n) is 3.18. The van der Waals surface area contributed by atoms with Crippen LogP contribution in [0.3, 0.4) is 0 Å². The van der Waals surface area contributed by atoms with Crippen molar-refractivity contribution in [2.75, 3.05) is 6.61 Å². The Hall–Kier alpha value is -0.843. The molecule has 0 N–H and O–H groups in total. The molecule has 1 rings (SSSR count). The molecule has 10 heteroatoms. The van der Waals surface area contributed by atoms with Gasteiger partial charge in [0.05, 0.1) is 6.20 Å². The molecule has 1 aromatic heterocycles. The van der Waals surface area contributed by atoms with Gasteiger partial charge in [0.1, 0.15) is 34.7 Å². The summed E-state index contributed by atoms with van der Waals surface area (Å²) in [4.78, 5) is 3.75. The van der Waals surface area contributed by atoms with Crippen LogP contribution < -0.4 is 0 Å². The van der Waals surface area contributed by atoms with Crippen LogP contribution in [0.5, 0.6) is 0 Å². The maximum absolute atomic E-state index is 13.1. The van der Waals surface area contributed by atoms with Gasteiger partial charge in [-0.2, -0.15) is 13.2 Å². The Kier molecular flexibility index (Phi) is 7.31. The highest BCUT2D eigenvalue weighted by Gasteiger charge is 2.36. The summed E-state index contributed by atoms with van der Waals surface area (Å²) < 4.78 is 60.9. The standard InChI is InChI=1S/C15H26F3N3O2SSi/c1-14(2,3)24(22)20-10-13-19-9-12(15(16,17)18)21(13)11-23-7-8-25(4,5)6/h9-10H,7-8,11H2,1-6H3/b20-10+. The molecule has 144 valence electrons. The second-order valence-corrected chi connectivity index (χ2v) is 15.4. The Labute approximate surface area is 151 Å². The predicted octanol–water partition coefficient (Wildman–Crippen LogP) is 4.10. The minimum atomic E-state index is -4.55. The van der Waals surface area contributed by atoms with E-state index in [1.807, 2.05) is 0 Å². The molecule has 1 aromatic rings. The quantitative estimate of drug-likeness (QED) is 0.301. The lowest BCUT2D eigenvalue weighted by molar-refractivity contribution is -0.145. The summed E-state index contributed by atoms with van der Waals surface area (Å²) in [7, 11) is -1.33. The van der Waals surface area contributed by atoms with Gasteiger partial charge in [0, 0.05) is 14.7 Å². The molecule has 0 saturated heterocycles. The minimum Gasteiger partial charge on any atom is -0.591 e. The molecule has 1 atom stereocenters. The molecule has 25 heavy (non-hydrogen) atoms. The van der Waals surface area contributed by atoms with E-state index in [2.05, 4.69) is 29.0 Å². The fourth-order valence-electron chi connectivity index (χ4n) is 1.64. The van der Waals surface area contributed by atoms with Crippen molar-refractivity contribution in [3.63, 3.8) is 0 Å². The first kappa shape index (κ1) is 22.2. The highest BCUT2D eigenvalue weighted by atomic mass is 32.2. The normalized spacial score (nSPS) is 15.1. The van der Waals surface area contributed by atoms with Crippen molar-refractivity contribution in [1.29, 1.82) is 0 Å². The highest BCUT2D eigenvalue weighted by Crippen LogP contribution is 2.30. The smallest absolute Gasteiger partial charge is 0.433 e. The highest BCUT2D eigenvalue weighted by molar-refractivity contribution is 7.91. The summed E-state index contributed by atoms with van der Waals surface area (Å²) in [6.45, 7) is 11.8. The number of nitrogens with zero attached hydrogens (tertiary/aromatic N) is 3. The summed E-state index contributed by atoms with van der Waals surface area (Å²) in [6.07, 6.45) is -2.70. The van der Waals surface area contributed by atoms with E-state index in [0.717, 1.165) is 23.0 Å². The Morgan fingerprint density at radius 3 is 2.40 bits per heavy atom. The summed E-state index contributed by atoms with van der Waals surface area (Å²) in [5, 5.41) is 0. The number of alkyl halides is 3. The van der Waals surface area contributed by atoms with Gasteiger partial charge in [0.25, 0.3) is 0 Å². The Balaban J connectivity index is 2.95. The Bertz CT molecular complexity index is 592. The van der Waals surface area contributed by atoms with Crippen LogP contribution in [0.2, 0.25) is 25.7 Å². The summed E-state index contributed by atoms with van der Waals surface area (Å²) in [6, 6.07) is 0.848. The van der Waals surface area contributed by atoms with Crippen LogP contribution in [-0.2, 0) is 29.0 Å². The van der Waals surface area contributed by atoms with Gasteiger partial charge in [-0.25, -0.2) is 4.98 Å². The molecule has 0 bridgehead atoms. The van der Waals surface area contributed by atoms with E-state index in [1.165, 1.54) is 0 Å². The molecule has 0 fully saturated rings. The molecule has 0 saturated carbocycles. The average Bonchev–Trinajstić information content (AvgIpc) is 2.81. The van der Waals surface area contributed by atoms with Crippen molar-refractivity contribution in [2.24, 2.45) is 4.40 Å². The van der Waals surface area contributed by atoms with Crippen molar-refractivity contribution >= 4 is 25.7 Å². The Morgan fingerprint density at radius 1 is 1.32 bits per heavy atom. The van der Waals surface area contributed by atoms with Crippen LogP contribution in [-0.4, -0.2) is 39.7 Å². The van der Waals surface area contributed by atoms with E-state index in [-0.39, 0.29) is 12.6 Å². The maximum atomic E-state index is 13.1. The lowest BCUT2D eigenvalue weighted by atomic mass is 10.3.